The van der Waals surface area contributed by atoms with Crippen LogP contribution in [0.5, 0.6) is 0 Å². The molecule has 17 heavy (non-hydrogen) atoms. The van der Waals surface area contributed by atoms with Crippen LogP contribution < -0.4 is 10.6 Å². The summed E-state index contributed by atoms with van der Waals surface area (Å²) in [5.74, 6) is -1.15. The number of anilines is 1. The minimum absolute atomic E-state index is 0.0245. The van der Waals surface area contributed by atoms with E-state index in [1.54, 1.807) is 14.0 Å². The molecule has 7 heteroatoms. The number of amides is 1. The molecule has 0 saturated carbocycles. The molecule has 92 valence electrons. The van der Waals surface area contributed by atoms with Crippen molar-refractivity contribution in [1.82, 2.24) is 5.32 Å². The Morgan fingerprint density at radius 3 is 2.71 bits per heavy atom. The van der Waals surface area contributed by atoms with E-state index in [0.717, 1.165) is 18.2 Å². The fourth-order valence-corrected chi connectivity index (χ4v) is 1.13. The first-order valence-corrected chi connectivity index (χ1v) is 4.87. The number of hydrogen-bond acceptors (Lipinski definition) is 4. The number of halogens is 1. The highest BCUT2D eigenvalue weighted by Gasteiger charge is 2.18. The second kappa shape index (κ2) is 5.35. The van der Waals surface area contributed by atoms with Gasteiger partial charge in [-0.15, -0.1) is 0 Å². The zero-order valence-corrected chi connectivity index (χ0v) is 9.36. The molecule has 0 spiro atoms. The molecule has 0 aliphatic carbocycles. The maximum atomic E-state index is 12.8. The molecule has 0 heterocycles. The zero-order valence-electron chi connectivity index (χ0n) is 9.36. The molecular formula is C10H12FN3O3. The molecule has 1 atom stereocenters. The second-order valence-corrected chi connectivity index (χ2v) is 3.42. The van der Waals surface area contributed by atoms with Gasteiger partial charge in [0.05, 0.1) is 17.0 Å². The summed E-state index contributed by atoms with van der Waals surface area (Å²) in [4.78, 5) is 21.4. The summed E-state index contributed by atoms with van der Waals surface area (Å²) in [6.45, 7) is 1.60. The average molecular weight is 241 g/mol. The number of nitrogens with zero attached hydrogens (tertiary/aromatic N) is 1. The van der Waals surface area contributed by atoms with E-state index in [9.17, 15) is 19.3 Å². The lowest BCUT2D eigenvalue weighted by Gasteiger charge is -2.11. The van der Waals surface area contributed by atoms with Gasteiger partial charge < -0.3 is 10.6 Å². The van der Waals surface area contributed by atoms with E-state index < -0.39 is 28.4 Å². The van der Waals surface area contributed by atoms with Crippen LogP contribution in [-0.4, -0.2) is 23.9 Å². The lowest BCUT2D eigenvalue weighted by Crippen LogP contribution is -2.35. The molecule has 1 aromatic carbocycles. The fraction of sp³-hybridized carbons (Fsp3) is 0.300. The molecule has 1 aromatic rings. The summed E-state index contributed by atoms with van der Waals surface area (Å²) in [5, 5.41) is 15.7. The van der Waals surface area contributed by atoms with E-state index >= 15 is 0 Å². The van der Waals surface area contributed by atoms with Crippen molar-refractivity contribution in [3.63, 3.8) is 0 Å². The van der Waals surface area contributed by atoms with Crippen molar-refractivity contribution < 1.29 is 14.1 Å². The van der Waals surface area contributed by atoms with Crippen molar-refractivity contribution >= 4 is 17.3 Å². The molecule has 1 amide bonds. The molecule has 0 fully saturated rings. The van der Waals surface area contributed by atoms with Gasteiger partial charge >= 0.3 is 0 Å². The van der Waals surface area contributed by atoms with Crippen molar-refractivity contribution in [3.05, 3.63) is 34.1 Å². The third-order valence-corrected chi connectivity index (χ3v) is 2.24. The van der Waals surface area contributed by atoms with Crippen LogP contribution >= 0.6 is 0 Å². The first kappa shape index (κ1) is 13.0. The van der Waals surface area contributed by atoms with Gasteiger partial charge in [-0.25, -0.2) is 4.39 Å². The van der Waals surface area contributed by atoms with E-state index in [4.69, 9.17) is 0 Å². The molecule has 2 N–H and O–H groups in total. The molecule has 1 rings (SSSR count). The number of nitrogens with one attached hydrogen (secondary N) is 2. The van der Waals surface area contributed by atoms with Gasteiger partial charge in [0.15, 0.2) is 0 Å². The number of rotatable bonds is 4. The smallest absolute Gasteiger partial charge is 0.295 e. The second-order valence-electron chi connectivity index (χ2n) is 3.42. The first-order valence-electron chi connectivity index (χ1n) is 4.87. The predicted molar refractivity (Wildman–Crippen MR) is 60.2 cm³/mol. The molecular weight excluding hydrogens is 229 g/mol. The summed E-state index contributed by atoms with van der Waals surface area (Å²) in [6, 6.07) is 2.47. The number of carbonyl (C=O) groups is 1. The van der Waals surface area contributed by atoms with E-state index in [1.807, 2.05) is 0 Å². The highest BCUT2D eigenvalue weighted by molar-refractivity contribution is 5.96. The minimum Gasteiger partial charge on any atom is -0.319 e. The van der Waals surface area contributed by atoms with Crippen LogP contribution in [-0.2, 0) is 4.79 Å². The topological polar surface area (TPSA) is 84.3 Å². The van der Waals surface area contributed by atoms with Crippen LogP contribution in [0.2, 0.25) is 0 Å². The quantitative estimate of drug-likeness (QED) is 0.614. The van der Waals surface area contributed by atoms with Gasteiger partial charge in [-0.1, -0.05) is 0 Å². The van der Waals surface area contributed by atoms with E-state index in [2.05, 4.69) is 10.6 Å². The van der Waals surface area contributed by atoms with Crippen molar-refractivity contribution in [2.75, 3.05) is 12.4 Å². The summed E-state index contributed by atoms with van der Waals surface area (Å²) in [5.41, 5.74) is -0.495. The zero-order chi connectivity index (χ0) is 13.0. The molecule has 0 aliphatic rings. The van der Waals surface area contributed by atoms with E-state index in [0.29, 0.717) is 0 Å². The van der Waals surface area contributed by atoms with Crippen molar-refractivity contribution in [3.8, 4) is 0 Å². The highest BCUT2D eigenvalue weighted by Crippen LogP contribution is 2.24. The monoisotopic (exact) mass is 241 g/mol. The van der Waals surface area contributed by atoms with Gasteiger partial charge in [-0.2, -0.15) is 0 Å². The van der Waals surface area contributed by atoms with Gasteiger partial charge in [-0.05, 0) is 26.1 Å². The van der Waals surface area contributed by atoms with Gasteiger partial charge in [0, 0.05) is 0 Å². The molecule has 1 unspecified atom stereocenters. The Morgan fingerprint density at radius 1 is 1.53 bits per heavy atom. The Labute approximate surface area is 97.0 Å². The maximum Gasteiger partial charge on any atom is 0.295 e. The molecule has 0 saturated heterocycles. The highest BCUT2D eigenvalue weighted by atomic mass is 19.1. The predicted octanol–water partition coefficient (Wildman–Crippen LogP) is 1.28. The average Bonchev–Trinajstić information content (AvgIpc) is 2.29. The summed E-state index contributed by atoms with van der Waals surface area (Å²) >= 11 is 0. The minimum atomic E-state index is -0.747. The number of hydrogen-bond donors (Lipinski definition) is 2. The fourth-order valence-electron chi connectivity index (χ4n) is 1.13. The van der Waals surface area contributed by atoms with Crippen LogP contribution in [0.3, 0.4) is 0 Å². The number of nitro benzene ring substituents is 1. The number of carbonyl (C=O) groups excluding carboxylic acids is 1. The van der Waals surface area contributed by atoms with Crippen LogP contribution in [0.4, 0.5) is 15.8 Å². The third kappa shape index (κ3) is 3.22. The third-order valence-electron chi connectivity index (χ3n) is 2.24. The van der Waals surface area contributed by atoms with E-state index in [-0.39, 0.29) is 5.69 Å². The van der Waals surface area contributed by atoms with Crippen LogP contribution in [0.1, 0.15) is 6.92 Å². The number of likely N-dealkylation sites (N-methyl/N-ethyl adjacent to an activating group) is 1. The molecule has 0 radical (unpaired) electrons. The van der Waals surface area contributed by atoms with Crippen molar-refractivity contribution in [2.24, 2.45) is 0 Å². The Morgan fingerprint density at radius 2 is 2.18 bits per heavy atom. The molecule has 6 nitrogen and oxygen atoms in total. The Bertz CT molecular complexity index is 450. The maximum absolute atomic E-state index is 12.8. The van der Waals surface area contributed by atoms with Gasteiger partial charge in [0.2, 0.25) is 5.91 Å². The lowest BCUT2D eigenvalue weighted by atomic mass is 10.2. The van der Waals surface area contributed by atoms with Gasteiger partial charge in [-0.3, -0.25) is 14.9 Å². The van der Waals surface area contributed by atoms with Gasteiger partial charge in [0.25, 0.3) is 5.69 Å². The molecule has 0 bridgehead atoms. The SMILES string of the molecule is CNC(C)C(=O)Nc1ccc(F)cc1[N+](=O)[O-]. The Balaban J connectivity index is 2.98. The molecule has 0 aromatic heterocycles. The van der Waals surface area contributed by atoms with Gasteiger partial charge in [0.1, 0.15) is 11.5 Å². The summed E-state index contributed by atoms with van der Waals surface area (Å²) < 4.78 is 12.8. The van der Waals surface area contributed by atoms with Crippen molar-refractivity contribution in [1.29, 1.82) is 0 Å². The van der Waals surface area contributed by atoms with Crippen LogP contribution in [0, 0.1) is 15.9 Å². The number of nitro groups is 1. The summed E-state index contributed by atoms with van der Waals surface area (Å²) in [6.07, 6.45) is 0. The largest absolute Gasteiger partial charge is 0.319 e. The molecule has 0 aliphatic heterocycles. The lowest BCUT2D eigenvalue weighted by molar-refractivity contribution is -0.384. The van der Waals surface area contributed by atoms with E-state index in [1.165, 1.54) is 0 Å². The summed E-state index contributed by atoms with van der Waals surface area (Å²) in [7, 11) is 1.59. The Hall–Kier alpha value is -2.02. The Kier molecular flexibility index (Phi) is 4.11. The van der Waals surface area contributed by atoms with Crippen LogP contribution in [0.15, 0.2) is 18.2 Å². The number of benzene rings is 1. The first-order chi connectivity index (χ1) is 7.95. The normalized spacial score (nSPS) is 11.9. The standard InChI is InChI=1S/C10H12FN3O3/c1-6(12-2)10(15)13-8-4-3-7(11)5-9(8)14(16)17/h3-6,12H,1-2H3,(H,13,15). The van der Waals surface area contributed by atoms with Crippen molar-refractivity contribution in [2.45, 2.75) is 13.0 Å². The van der Waals surface area contributed by atoms with Crippen LogP contribution in [0.25, 0.3) is 0 Å².